The highest BCUT2D eigenvalue weighted by Gasteiger charge is 2.14. The number of ether oxygens (including phenoxy) is 1. The van der Waals surface area contributed by atoms with Crippen LogP contribution in [-0.4, -0.2) is 22.3 Å². The molecule has 0 unspecified atom stereocenters. The fourth-order valence-corrected chi connectivity index (χ4v) is 3.08. The van der Waals surface area contributed by atoms with E-state index in [2.05, 4.69) is 34.2 Å². The van der Waals surface area contributed by atoms with E-state index in [4.69, 9.17) is 0 Å². The molecule has 3 rings (SSSR count). The molecule has 5 nitrogen and oxygen atoms in total. The number of aryl methyl sites for hydroxylation is 2. The highest BCUT2D eigenvalue weighted by atomic mass is 19.3. The van der Waals surface area contributed by atoms with Crippen LogP contribution in [0.3, 0.4) is 0 Å². The number of nitrogens with one attached hydrogen (secondary N) is 1. The van der Waals surface area contributed by atoms with E-state index in [9.17, 15) is 13.6 Å². The highest BCUT2D eigenvalue weighted by molar-refractivity contribution is 6.02. The first-order valence-electron chi connectivity index (χ1n) is 9.46. The van der Waals surface area contributed by atoms with Crippen LogP contribution in [0.15, 0.2) is 54.6 Å². The minimum absolute atomic E-state index is 0.0684. The Morgan fingerprint density at radius 3 is 2.50 bits per heavy atom. The van der Waals surface area contributed by atoms with Crippen molar-refractivity contribution in [3.8, 4) is 5.75 Å². The van der Waals surface area contributed by atoms with Crippen LogP contribution in [0.25, 0.3) is 6.08 Å². The fraction of sp³-hybridized carbons (Fsp3) is 0.217. The zero-order chi connectivity index (χ0) is 21.7. The van der Waals surface area contributed by atoms with Crippen molar-refractivity contribution in [1.82, 2.24) is 9.78 Å². The summed E-state index contributed by atoms with van der Waals surface area (Å²) in [6.07, 6.45) is 2.99. The van der Waals surface area contributed by atoms with Crippen LogP contribution in [0, 0.1) is 20.8 Å². The lowest BCUT2D eigenvalue weighted by Crippen LogP contribution is -2.10. The van der Waals surface area contributed by atoms with Crippen molar-refractivity contribution in [1.29, 1.82) is 0 Å². The number of nitrogens with zero attached hydrogens (tertiary/aromatic N) is 2. The van der Waals surface area contributed by atoms with Crippen LogP contribution in [-0.2, 0) is 11.3 Å². The average molecular weight is 411 g/mol. The largest absolute Gasteiger partial charge is 0.435 e. The lowest BCUT2D eigenvalue weighted by atomic mass is 10.1. The van der Waals surface area contributed by atoms with E-state index in [1.54, 1.807) is 18.2 Å². The summed E-state index contributed by atoms with van der Waals surface area (Å²) >= 11 is 0. The first-order chi connectivity index (χ1) is 14.3. The van der Waals surface area contributed by atoms with Crippen LogP contribution in [0.5, 0.6) is 5.75 Å². The number of aromatic nitrogens is 2. The first-order valence-corrected chi connectivity index (χ1v) is 9.46. The van der Waals surface area contributed by atoms with E-state index in [-0.39, 0.29) is 11.7 Å². The predicted octanol–water partition coefficient (Wildman–Crippen LogP) is 5.11. The van der Waals surface area contributed by atoms with Crippen LogP contribution in [0.4, 0.5) is 14.5 Å². The summed E-state index contributed by atoms with van der Waals surface area (Å²) in [4.78, 5) is 12.4. The molecule has 0 aliphatic heterocycles. The van der Waals surface area contributed by atoms with Gasteiger partial charge in [-0.3, -0.25) is 9.48 Å². The number of hydrogen-bond acceptors (Lipinski definition) is 3. The summed E-state index contributed by atoms with van der Waals surface area (Å²) in [6, 6.07) is 14.1. The molecule has 0 saturated heterocycles. The lowest BCUT2D eigenvalue weighted by molar-refractivity contribution is -0.111. The molecule has 0 atom stereocenters. The summed E-state index contributed by atoms with van der Waals surface area (Å²) in [5, 5.41) is 7.43. The number of alkyl halides is 2. The number of benzene rings is 2. The number of halogens is 2. The van der Waals surface area contributed by atoms with E-state index in [1.807, 2.05) is 30.7 Å². The third kappa shape index (κ3) is 5.31. The second-order valence-corrected chi connectivity index (χ2v) is 6.90. The van der Waals surface area contributed by atoms with E-state index in [0.717, 1.165) is 11.4 Å². The van der Waals surface area contributed by atoms with Crippen LogP contribution >= 0.6 is 0 Å². The van der Waals surface area contributed by atoms with Crippen molar-refractivity contribution in [2.45, 2.75) is 33.9 Å². The molecular weight excluding hydrogens is 388 g/mol. The first kappa shape index (κ1) is 21.2. The molecule has 0 spiro atoms. The monoisotopic (exact) mass is 411 g/mol. The Morgan fingerprint density at radius 2 is 1.83 bits per heavy atom. The van der Waals surface area contributed by atoms with Crippen molar-refractivity contribution >= 4 is 17.7 Å². The Labute approximate surface area is 174 Å². The fourth-order valence-electron chi connectivity index (χ4n) is 3.08. The molecule has 0 aliphatic rings. The SMILES string of the molecule is Cc1ccccc1Cn1nc(C)c(NC(=O)/C=C\c2ccc(OC(F)F)cc2)c1C. The van der Waals surface area contributed by atoms with Crippen molar-refractivity contribution in [3.05, 3.63) is 82.7 Å². The Bertz CT molecular complexity index is 1060. The molecule has 2 aromatic carbocycles. The molecule has 0 saturated carbocycles. The summed E-state index contributed by atoms with van der Waals surface area (Å²) < 4.78 is 30.6. The number of amides is 1. The Balaban J connectivity index is 1.67. The second kappa shape index (κ2) is 9.35. The maximum atomic E-state index is 12.4. The van der Waals surface area contributed by atoms with Gasteiger partial charge in [0.15, 0.2) is 0 Å². The van der Waals surface area contributed by atoms with Gasteiger partial charge in [-0.2, -0.15) is 13.9 Å². The van der Waals surface area contributed by atoms with E-state index in [0.29, 0.717) is 17.8 Å². The van der Waals surface area contributed by atoms with Crippen LogP contribution < -0.4 is 10.1 Å². The van der Waals surface area contributed by atoms with Gasteiger partial charge < -0.3 is 10.1 Å². The average Bonchev–Trinajstić information content (AvgIpc) is 2.96. The standard InChI is InChI=1S/C23H23F2N3O2/c1-15-6-4-5-7-19(15)14-28-17(3)22(16(2)27-28)26-21(29)13-10-18-8-11-20(12-9-18)30-23(24)25/h4-13,23H,14H2,1-3H3,(H,26,29)/b13-10-. The number of hydrogen-bond donors (Lipinski definition) is 1. The zero-order valence-electron chi connectivity index (χ0n) is 17.0. The van der Waals surface area contributed by atoms with Crippen molar-refractivity contribution < 1.29 is 18.3 Å². The molecule has 0 aliphatic carbocycles. The van der Waals surface area contributed by atoms with Crippen molar-refractivity contribution in [2.24, 2.45) is 0 Å². The van der Waals surface area contributed by atoms with Crippen LogP contribution in [0.2, 0.25) is 0 Å². The number of carbonyl (C=O) groups is 1. The van der Waals surface area contributed by atoms with Gasteiger partial charge in [-0.1, -0.05) is 36.4 Å². The number of carbonyl (C=O) groups excluding carboxylic acids is 1. The molecule has 0 bridgehead atoms. The number of rotatable bonds is 7. The third-order valence-corrected chi connectivity index (χ3v) is 4.74. The van der Waals surface area contributed by atoms with E-state index < -0.39 is 6.61 Å². The summed E-state index contributed by atoms with van der Waals surface area (Å²) in [7, 11) is 0. The maximum absolute atomic E-state index is 12.4. The molecule has 7 heteroatoms. The van der Waals surface area contributed by atoms with Gasteiger partial charge in [0, 0.05) is 6.08 Å². The van der Waals surface area contributed by atoms with Gasteiger partial charge in [0.2, 0.25) is 5.91 Å². The van der Waals surface area contributed by atoms with Gasteiger partial charge in [-0.15, -0.1) is 0 Å². The summed E-state index contributed by atoms with van der Waals surface area (Å²) in [5.41, 5.74) is 5.32. The molecule has 1 aromatic heterocycles. The van der Waals surface area contributed by atoms with Gasteiger partial charge >= 0.3 is 6.61 Å². The molecule has 1 heterocycles. The highest BCUT2D eigenvalue weighted by Crippen LogP contribution is 2.21. The molecule has 3 aromatic rings. The minimum Gasteiger partial charge on any atom is -0.435 e. The lowest BCUT2D eigenvalue weighted by Gasteiger charge is -2.08. The van der Waals surface area contributed by atoms with Gasteiger partial charge in [0.05, 0.1) is 23.6 Å². The maximum Gasteiger partial charge on any atom is 0.387 e. The van der Waals surface area contributed by atoms with Crippen LogP contribution in [0.1, 0.15) is 28.1 Å². The normalized spacial score (nSPS) is 11.3. The molecule has 30 heavy (non-hydrogen) atoms. The summed E-state index contributed by atoms with van der Waals surface area (Å²) in [6.45, 7) is 3.58. The molecular formula is C23H23F2N3O2. The van der Waals surface area contributed by atoms with Gasteiger partial charge in [-0.05, 0) is 55.7 Å². The second-order valence-electron chi connectivity index (χ2n) is 6.90. The van der Waals surface area contributed by atoms with Gasteiger partial charge in [-0.25, -0.2) is 0 Å². The van der Waals surface area contributed by atoms with Gasteiger partial charge in [0.1, 0.15) is 5.75 Å². The Hall–Kier alpha value is -3.48. The predicted molar refractivity (Wildman–Crippen MR) is 113 cm³/mol. The molecule has 1 amide bonds. The topological polar surface area (TPSA) is 56.2 Å². The quantitative estimate of drug-likeness (QED) is 0.550. The zero-order valence-corrected chi connectivity index (χ0v) is 17.0. The molecule has 156 valence electrons. The van der Waals surface area contributed by atoms with Gasteiger partial charge in [0.25, 0.3) is 0 Å². The van der Waals surface area contributed by atoms with E-state index >= 15 is 0 Å². The molecule has 0 fully saturated rings. The third-order valence-electron chi connectivity index (χ3n) is 4.74. The smallest absolute Gasteiger partial charge is 0.387 e. The minimum atomic E-state index is -2.87. The molecule has 0 radical (unpaired) electrons. The summed E-state index contributed by atoms with van der Waals surface area (Å²) in [5.74, 6) is -0.233. The number of anilines is 1. The molecule has 1 N–H and O–H groups in total. The van der Waals surface area contributed by atoms with E-state index in [1.165, 1.54) is 29.3 Å². The van der Waals surface area contributed by atoms with Crippen molar-refractivity contribution in [3.63, 3.8) is 0 Å². The van der Waals surface area contributed by atoms with Crippen molar-refractivity contribution in [2.75, 3.05) is 5.32 Å². The Kier molecular flexibility index (Phi) is 6.61. The Morgan fingerprint density at radius 1 is 1.13 bits per heavy atom.